The maximum absolute atomic E-state index is 13.2. The van der Waals surface area contributed by atoms with Gasteiger partial charge in [-0.25, -0.2) is 9.59 Å². The Morgan fingerprint density at radius 1 is 0.885 bits per heavy atom. The Bertz CT molecular complexity index is 2220. The van der Waals surface area contributed by atoms with E-state index in [2.05, 4.69) is 0 Å². The molecule has 52 heavy (non-hydrogen) atoms. The molecule has 0 saturated heterocycles. The van der Waals surface area contributed by atoms with Gasteiger partial charge in [-0.05, 0) is 51.0 Å². The normalized spacial score (nSPS) is 17.5. The lowest BCUT2D eigenvalue weighted by atomic mass is 9.78. The molecule has 4 N–H and O–H groups in total. The van der Waals surface area contributed by atoms with Gasteiger partial charge in [0.1, 0.15) is 6.54 Å². The highest BCUT2D eigenvalue weighted by atomic mass is 32.2. The summed E-state index contributed by atoms with van der Waals surface area (Å²) in [4.78, 5) is 26.5. The molecule has 0 amide bonds. The third kappa shape index (κ3) is 8.64. The van der Waals surface area contributed by atoms with Crippen molar-refractivity contribution in [2.45, 2.75) is 69.6 Å². The van der Waals surface area contributed by atoms with Crippen LogP contribution in [0.1, 0.15) is 85.7 Å². The first kappa shape index (κ1) is 40.8. The second kappa shape index (κ2) is 14.8. The van der Waals surface area contributed by atoms with Crippen LogP contribution in [0.25, 0.3) is 0 Å². The standard InChI is InChI=1S/C34H42N2O13S3/c1-6-17-49-32(39)23-11-7-12-25-29(23)33(2,3)27(35(25)15-9-18-50(40,41)42)13-8-14-28-34(4,5)30-24(31(37)38)20-22(52(46,47)48)21-26(30)36(28)16-10-19-51(43,44)45/h7-8,11-14,20-21H,6,9-10,15-19H2,1-5H3,(H3-,37,38,40,41,42,43,44,45,46,47,48)/p+1. The van der Waals surface area contributed by atoms with E-state index in [0.29, 0.717) is 34.6 Å². The van der Waals surface area contributed by atoms with Crippen LogP contribution >= 0.6 is 0 Å². The van der Waals surface area contributed by atoms with Gasteiger partial charge in [-0.15, -0.1) is 0 Å². The van der Waals surface area contributed by atoms with Crippen molar-refractivity contribution in [2.24, 2.45) is 0 Å². The Morgan fingerprint density at radius 2 is 1.52 bits per heavy atom. The number of benzene rings is 2. The quantitative estimate of drug-likeness (QED) is 0.112. The molecule has 0 unspecified atom stereocenters. The van der Waals surface area contributed by atoms with Gasteiger partial charge < -0.3 is 14.7 Å². The Morgan fingerprint density at radius 3 is 2.10 bits per heavy atom. The Labute approximate surface area is 303 Å². The number of ether oxygens (including phenoxy) is 1. The SMILES string of the molecule is CCCOC(=O)c1cccc2c1C(C)(C)C(/C=C/C=C1/N(CCCS(=O)(=O)O)c3cc(S(=O)(=O)O)cc(C(=O)O)c3C1(C)C)=[N+]2CCCS(=O)(=O)O. The van der Waals surface area contributed by atoms with Crippen LogP contribution in [0, 0.1) is 0 Å². The molecule has 2 aliphatic heterocycles. The van der Waals surface area contributed by atoms with Gasteiger partial charge >= 0.3 is 11.9 Å². The fourth-order valence-corrected chi connectivity index (χ4v) is 8.48. The molecular formula is C34H43N2O13S3+. The first-order chi connectivity index (χ1) is 23.9. The summed E-state index contributed by atoms with van der Waals surface area (Å²) >= 11 is 0. The van der Waals surface area contributed by atoms with E-state index in [-0.39, 0.29) is 43.8 Å². The third-order valence-corrected chi connectivity index (χ3v) is 11.5. The molecule has 2 aliphatic rings. The van der Waals surface area contributed by atoms with Gasteiger partial charge in [-0.2, -0.15) is 29.8 Å². The van der Waals surface area contributed by atoms with E-state index >= 15 is 0 Å². The maximum atomic E-state index is 13.2. The van der Waals surface area contributed by atoms with Crippen molar-refractivity contribution in [2.75, 3.05) is 36.1 Å². The van der Waals surface area contributed by atoms with Crippen molar-refractivity contribution < 1.29 is 62.9 Å². The van der Waals surface area contributed by atoms with Crippen LogP contribution < -0.4 is 4.90 Å². The second-order valence-electron chi connectivity index (χ2n) is 13.6. The fourth-order valence-electron chi connectivity index (χ4n) is 6.96. The molecule has 18 heteroatoms. The van der Waals surface area contributed by atoms with E-state index in [1.54, 1.807) is 50.3 Å². The topological polar surface area (TPSA) is 233 Å². The average Bonchev–Trinajstić information content (AvgIpc) is 3.36. The molecule has 2 heterocycles. The summed E-state index contributed by atoms with van der Waals surface area (Å²) < 4.78 is 107. The van der Waals surface area contributed by atoms with Crippen molar-refractivity contribution in [1.82, 2.24) is 0 Å². The minimum absolute atomic E-state index is 0.0369. The number of nitrogens with zero attached hydrogens (tertiary/aromatic N) is 2. The molecule has 4 rings (SSSR count). The highest BCUT2D eigenvalue weighted by molar-refractivity contribution is 7.86. The lowest BCUT2D eigenvalue weighted by molar-refractivity contribution is -0.437. The third-order valence-electron chi connectivity index (χ3n) is 9.09. The molecule has 0 fully saturated rings. The predicted octanol–water partition coefficient (Wildman–Crippen LogP) is 4.37. The zero-order valence-electron chi connectivity index (χ0n) is 29.4. The fraction of sp³-hybridized carbons (Fsp3) is 0.441. The number of anilines is 1. The Balaban J connectivity index is 1.90. The summed E-state index contributed by atoms with van der Waals surface area (Å²) in [5.74, 6) is -3.14. The molecular weight excluding hydrogens is 741 g/mol. The van der Waals surface area contributed by atoms with E-state index < -0.39 is 75.1 Å². The van der Waals surface area contributed by atoms with E-state index in [0.717, 1.165) is 12.1 Å². The van der Waals surface area contributed by atoms with Crippen molar-refractivity contribution in [1.29, 1.82) is 0 Å². The number of hydrogen-bond donors (Lipinski definition) is 4. The van der Waals surface area contributed by atoms with E-state index in [4.69, 9.17) is 4.74 Å². The number of aromatic carboxylic acids is 1. The monoisotopic (exact) mass is 783 g/mol. The van der Waals surface area contributed by atoms with Crippen LogP contribution in [0.3, 0.4) is 0 Å². The van der Waals surface area contributed by atoms with E-state index in [9.17, 15) is 53.6 Å². The maximum Gasteiger partial charge on any atom is 0.338 e. The lowest BCUT2D eigenvalue weighted by Crippen LogP contribution is -2.30. The summed E-state index contributed by atoms with van der Waals surface area (Å²) in [6.07, 6.45) is 5.54. The molecule has 0 aromatic heterocycles. The van der Waals surface area contributed by atoms with E-state index in [1.165, 1.54) is 4.90 Å². The average molecular weight is 784 g/mol. The van der Waals surface area contributed by atoms with Gasteiger partial charge in [0.2, 0.25) is 5.69 Å². The number of carbonyl (C=O) groups excluding carboxylic acids is 1. The molecule has 0 spiro atoms. The minimum Gasteiger partial charge on any atom is -0.478 e. The van der Waals surface area contributed by atoms with Gasteiger partial charge in [0.05, 0.1) is 45.1 Å². The molecule has 0 saturated carbocycles. The van der Waals surface area contributed by atoms with Crippen LogP contribution in [0.4, 0.5) is 11.4 Å². The molecule has 0 aliphatic carbocycles. The van der Waals surface area contributed by atoms with Gasteiger partial charge in [-0.3, -0.25) is 13.7 Å². The summed E-state index contributed by atoms with van der Waals surface area (Å²) in [7, 11) is -13.5. The van der Waals surface area contributed by atoms with E-state index in [1.807, 2.05) is 25.3 Å². The van der Waals surface area contributed by atoms with Crippen LogP contribution in [-0.2, 0) is 45.9 Å². The van der Waals surface area contributed by atoms with Crippen molar-refractivity contribution >= 4 is 59.4 Å². The summed E-state index contributed by atoms with van der Waals surface area (Å²) in [5.41, 5.74) is 0.612. The minimum atomic E-state index is -4.86. The van der Waals surface area contributed by atoms with Crippen molar-refractivity contribution in [3.8, 4) is 0 Å². The zero-order valence-corrected chi connectivity index (χ0v) is 31.8. The number of carboxylic acids is 1. The number of esters is 1. The van der Waals surface area contributed by atoms with Gasteiger partial charge in [-0.1, -0.05) is 32.9 Å². The summed E-state index contributed by atoms with van der Waals surface area (Å²) in [6, 6.07) is 7.08. The van der Waals surface area contributed by atoms with Gasteiger partial charge in [0.15, 0.2) is 5.71 Å². The van der Waals surface area contributed by atoms with Crippen molar-refractivity contribution in [3.63, 3.8) is 0 Å². The largest absolute Gasteiger partial charge is 0.478 e. The zero-order chi connectivity index (χ0) is 39.0. The molecule has 284 valence electrons. The van der Waals surface area contributed by atoms with Gasteiger partial charge in [0.25, 0.3) is 30.4 Å². The molecule has 0 atom stereocenters. The van der Waals surface area contributed by atoms with Crippen LogP contribution in [-0.4, -0.2) is 97.4 Å². The Kier molecular flexibility index (Phi) is 11.6. The molecule has 2 aromatic rings. The molecule has 0 radical (unpaired) electrons. The summed E-state index contributed by atoms with van der Waals surface area (Å²) in [5, 5.41) is 10.1. The number of hydrogen-bond acceptors (Lipinski definition) is 10. The first-order valence-electron chi connectivity index (χ1n) is 16.3. The van der Waals surface area contributed by atoms with Crippen LogP contribution in [0.2, 0.25) is 0 Å². The number of fused-ring (bicyclic) bond motifs is 2. The summed E-state index contributed by atoms with van der Waals surface area (Å²) in [6.45, 7) is 9.28. The smallest absolute Gasteiger partial charge is 0.338 e. The first-order valence-corrected chi connectivity index (χ1v) is 21.0. The number of carbonyl (C=O) groups is 2. The number of rotatable bonds is 15. The predicted molar refractivity (Wildman–Crippen MR) is 193 cm³/mol. The number of allylic oxidation sites excluding steroid dienone is 4. The Hall–Kier alpha value is -3.94. The van der Waals surface area contributed by atoms with Crippen molar-refractivity contribution in [3.05, 3.63) is 76.5 Å². The molecule has 0 bridgehead atoms. The highest BCUT2D eigenvalue weighted by Crippen LogP contribution is 2.50. The highest BCUT2D eigenvalue weighted by Gasteiger charge is 2.48. The van der Waals surface area contributed by atoms with Crippen LogP contribution in [0.15, 0.2) is 59.2 Å². The lowest BCUT2D eigenvalue weighted by Gasteiger charge is -2.27. The molecule has 2 aromatic carbocycles. The van der Waals surface area contributed by atoms with Crippen LogP contribution in [0.5, 0.6) is 0 Å². The molecule has 15 nitrogen and oxygen atoms in total. The second-order valence-corrected chi connectivity index (χ2v) is 18.2. The number of carboxylic acid groups (broad SMARTS) is 1. The van der Waals surface area contributed by atoms with Gasteiger partial charge in [0, 0.05) is 47.5 Å².